The SMILES string of the molecule is CCOC(=O)c1c(NC(=O)C(=O)NN=C(C)c2ccc(OC(=O)c3ccc(C)cc3)c(OC)c2)sc2c1CCCCC2. The van der Waals surface area contributed by atoms with Crippen LogP contribution in [0.5, 0.6) is 11.5 Å². The highest BCUT2D eigenvalue weighted by molar-refractivity contribution is 7.17. The van der Waals surface area contributed by atoms with Crippen molar-refractivity contribution in [1.29, 1.82) is 0 Å². The highest BCUT2D eigenvalue weighted by Crippen LogP contribution is 2.38. The summed E-state index contributed by atoms with van der Waals surface area (Å²) in [5.41, 5.74) is 5.84. The molecule has 0 bridgehead atoms. The fourth-order valence-corrected chi connectivity index (χ4v) is 5.76. The molecular weight excluding hydrogens is 558 g/mol. The van der Waals surface area contributed by atoms with E-state index in [4.69, 9.17) is 14.2 Å². The van der Waals surface area contributed by atoms with Crippen molar-refractivity contribution in [3.05, 3.63) is 75.2 Å². The number of nitrogens with zero attached hydrogens (tertiary/aromatic N) is 1. The molecular formula is C31H33N3O7S. The lowest BCUT2D eigenvalue weighted by Gasteiger charge is -2.11. The molecule has 11 heteroatoms. The molecule has 1 aliphatic carbocycles. The van der Waals surface area contributed by atoms with Crippen molar-refractivity contribution in [2.75, 3.05) is 19.0 Å². The maximum absolute atomic E-state index is 12.8. The van der Waals surface area contributed by atoms with Crippen LogP contribution in [0.1, 0.15) is 75.4 Å². The average Bonchev–Trinajstić information content (AvgIpc) is 3.15. The fraction of sp³-hybridized carbons (Fsp3) is 0.323. The van der Waals surface area contributed by atoms with Gasteiger partial charge in [-0.2, -0.15) is 5.10 Å². The van der Waals surface area contributed by atoms with Crippen molar-refractivity contribution >= 4 is 45.8 Å². The minimum absolute atomic E-state index is 0.201. The number of anilines is 1. The molecule has 1 heterocycles. The molecule has 0 spiro atoms. The van der Waals surface area contributed by atoms with Gasteiger partial charge in [-0.1, -0.05) is 24.1 Å². The summed E-state index contributed by atoms with van der Waals surface area (Å²) in [6, 6.07) is 11.8. The number of nitrogens with one attached hydrogen (secondary N) is 2. The van der Waals surface area contributed by atoms with E-state index in [1.54, 1.807) is 44.2 Å². The first kappa shape index (κ1) is 30.4. The lowest BCUT2D eigenvalue weighted by atomic mass is 10.1. The number of hydrazone groups is 1. The van der Waals surface area contributed by atoms with Crippen molar-refractivity contribution in [2.24, 2.45) is 5.10 Å². The molecule has 220 valence electrons. The third-order valence-electron chi connectivity index (χ3n) is 6.73. The predicted molar refractivity (Wildman–Crippen MR) is 160 cm³/mol. The summed E-state index contributed by atoms with van der Waals surface area (Å²) in [5.74, 6) is -2.49. The molecule has 1 aliphatic rings. The summed E-state index contributed by atoms with van der Waals surface area (Å²) in [6.07, 6.45) is 4.54. The normalized spacial score (nSPS) is 12.9. The number of hydrogen-bond donors (Lipinski definition) is 2. The molecule has 0 fully saturated rings. The van der Waals surface area contributed by atoms with Crippen molar-refractivity contribution in [3.63, 3.8) is 0 Å². The molecule has 0 atom stereocenters. The summed E-state index contributed by atoms with van der Waals surface area (Å²) < 4.78 is 16.1. The van der Waals surface area contributed by atoms with Gasteiger partial charge < -0.3 is 19.5 Å². The Labute approximate surface area is 248 Å². The Kier molecular flexibility index (Phi) is 10.1. The molecule has 0 saturated carbocycles. The van der Waals surface area contributed by atoms with Gasteiger partial charge in [0.15, 0.2) is 11.5 Å². The first-order valence-electron chi connectivity index (χ1n) is 13.7. The fourth-order valence-electron chi connectivity index (χ4n) is 4.49. The topological polar surface area (TPSA) is 132 Å². The first-order chi connectivity index (χ1) is 20.2. The number of esters is 2. The van der Waals surface area contributed by atoms with Crippen LogP contribution in [0.15, 0.2) is 47.6 Å². The van der Waals surface area contributed by atoms with Gasteiger partial charge in [0, 0.05) is 10.4 Å². The Bertz CT molecular complexity index is 1530. The molecule has 1 aromatic heterocycles. The highest BCUT2D eigenvalue weighted by Gasteiger charge is 2.28. The molecule has 3 aromatic rings. The number of hydrogen-bond acceptors (Lipinski definition) is 9. The zero-order chi connectivity index (χ0) is 30.2. The van der Waals surface area contributed by atoms with Crippen LogP contribution in [0, 0.1) is 6.92 Å². The van der Waals surface area contributed by atoms with Gasteiger partial charge in [0.1, 0.15) is 5.00 Å². The number of rotatable bonds is 8. The van der Waals surface area contributed by atoms with Gasteiger partial charge in [-0.3, -0.25) is 9.59 Å². The smallest absolute Gasteiger partial charge is 0.343 e. The van der Waals surface area contributed by atoms with Crippen molar-refractivity contribution in [2.45, 2.75) is 52.9 Å². The lowest BCUT2D eigenvalue weighted by molar-refractivity contribution is -0.136. The standard InChI is InChI=1S/C31H33N3O7S/c1-5-40-31(38)26-22-9-7-6-8-10-25(22)42-29(26)32-27(35)28(36)34-33-19(3)21-15-16-23(24(17-21)39-4)41-30(37)20-13-11-18(2)12-14-20/h11-17H,5-10H2,1-4H3,(H,32,35)(H,34,36). The molecule has 0 saturated heterocycles. The van der Waals surface area contributed by atoms with E-state index in [0.717, 1.165) is 48.1 Å². The predicted octanol–water partition coefficient (Wildman–Crippen LogP) is 5.21. The van der Waals surface area contributed by atoms with E-state index in [0.29, 0.717) is 27.4 Å². The van der Waals surface area contributed by atoms with E-state index in [-0.39, 0.29) is 18.1 Å². The molecule has 2 amide bonds. The highest BCUT2D eigenvalue weighted by atomic mass is 32.1. The zero-order valence-electron chi connectivity index (χ0n) is 24.0. The van der Waals surface area contributed by atoms with Gasteiger partial charge >= 0.3 is 23.8 Å². The molecule has 4 rings (SSSR count). The lowest BCUT2D eigenvalue weighted by Crippen LogP contribution is -2.33. The van der Waals surface area contributed by atoms with Crippen LogP contribution in [-0.2, 0) is 27.2 Å². The Morgan fingerprint density at radius 1 is 0.905 bits per heavy atom. The van der Waals surface area contributed by atoms with Gasteiger partial charge in [-0.05, 0) is 82.3 Å². The van der Waals surface area contributed by atoms with Gasteiger partial charge in [-0.15, -0.1) is 11.3 Å². The Hall–Kier alpha value is -4.51. The van der Waals surface area contributed by atoms with Crippen LogP contribution in [0.3, 0.4) is 0 Å². The van der Waals surface area contributed by atoms with Crippen molar-refractivity contribution < 1.29 is 33.4 Å². The third-order valence-corrected chi connectivity index (χ3v) is 7.94. The second-order valence-corrected chi connectivity index (χ2v) is 10.8. The van der Waals surface area contributed by atoms with Gasteiger partial charge in [0.2, 0.25) is 0 Å². The second-order valence-electron chi connectivity index (χ2n) is 9.70. The van der Waals surface area contributed by atoms with E-state index in [2.05, 4.69) is 15.8 Å². The van der Waals surface area contributed by atoms with E-state index in [1.165, 1.54) is 18.4 Å². The molecule has 42 heavy (non-hydrogen) atoms. The number of thiophene rings is 1. The Morgan fingerprint density at radius 2 is 1.62 bits per heavy atom. The minimum Gasteiger partial charge on any atom is -0.493 e. The molecule has 10 nitrogen and oxygen atoms in total. The van der Waals surface area contributed by atoms with Crippen LogP contribution in [0.2, 0.25) is 0 Å². The van der Waals surface area contributed by atoms with Gasteiger partial charge in [0.25, 0.3) is 0 Å². The minimum atomic E-state index is -0.997. The number of carbonyl (C=O) groups is 4. The van der Waals surface area contributed by atoms with Gasteiger partial charge in [0.05, 0.1) is 30.6 Å². The maximum atomic E-state index is 12.8. The van der Waals surface area contributed by atoms with Crippen LogP contribution in [-0.4, -0.2) is 43.2 Å². The monoisotopic (exact) mass is 591 g/mol. The Balaban J connectivity index is 1.44. The first-order valence-corrected chi connectivity index (χ1v) is 14.5. The molecule has 0 aliphatic heterocycles. The van der Waals surface area contributed by atoms with Crippen LogP contribution in [0.4, 0.5) is 5.00 Å². The van der Waals surface area contributed by atoms with Crippen molar-refractivity contribution in [1.82, 2.24) is 5.43 Å². The molecule has 2 aromatic carbocycles. The number of benzene rings is 2. The van der Waals surface area contributed by atoms with E-state index in [1.807, 2.05) is 19.1 Å². The number of carbonyl (C=O) groups excluding carboxylic acids is 4. The van der Waals surface area contributed by atoms with Crippen molar-refractivity contribution in [3.8, 4) is 11.5 Å². The maximum Gasteiger partial charge on any atom is 0.343 e. The largest absolute Gasteiger partial charge is 0.493 e. The summed E-state index contributed by atoms with van der Waals surface area (Å²) in [4.78, 5) is 51.7. The number of methoxy groups -OCH3 is 1. The number of ether oxygens (including phenoxy) is 3. The number of fused-ring (bicyclic) bond motifs is 1. The summed E-state index contributed by atoms with van der Waals surface area (Å²) in [6.45, 7) is 5.48. The summed E-state index contributed by atoms with van der Waals surface area (Å²) in [5, 5.41) is 6.94. The third kappa shape index (κ3) is 7.22. The summed E-state index contributed by atoms with van der Waals surface area (Å²) in [7, 11) is 1.44. The number of aryl methyl sites for hydroxylation is 2. The zero-order valence-corrected chi connectivity index (χ0v) is 24.8. The number of amides is 2. The molecule has 0 unspecified atom stereocenters. The van der Waals surface area contributed by atoms with Gasteiger partial charge in [-0.25, -0.2) is 15.0 Å². The average molecular weight is 592 g/mol. The van der Waals surface area contributed by atoms with E-state index < -0.39 is 23.8 Å². The van der Waals surface area contributed by atoms with Crippen LogP contribution < -0.4 is 20.2 Å². The van der Waals surface area contributed by atoms with Crippen LogP contribution in [0.25, 0.3) is 0 Å². The molecule has 2 N–H and O–H groups in total. The second kappa shape index (κ2) is 13.9. The van der Waals surface area contributed by atoms with E-state index >= 15 is 0 Å². The Morgan fingerprint density at radius 3 is 2.33 bits per heavy atom. The summed E-state index contributed by atoms with van der Waals surface area (Å²) >= 11 is 1.31. The van der Waals surface area contributed by atoms with E-state index in [9.17, 15) is 19.2 Å². The quantitative estimate of drug-likeness (QED) is 0.0918. The van der Waals surface area contributed by atoms with Crippen LogP contribution >= 0.6 is 11.3 Å². The molecule has 0 radical (unpaired) electrons.